The van der Waals surface area contributed by atoms with Gasteiger partial charge >= 0.3 is 0 Å². The number of nitrogens with zero attached hydrogens (tertiary/aromatic N) is 3. The third-order valence-corrected chi connectivity index (χ3v) is 5.62. The average Bonchev–Trinajstić information content (AvgIpc) is 3.00. The van der Waals surface area contributed by atoms with E-state index in [4.69, 9.17) is 11.5 Å². The summed E-state index contributed by atoms with van der Waals surface area (Å²) < 4.78 is 0.728. The Labute approximate surface area is 166 Å². The van der Waals surface area contributed by atoms with Gasteiger partial charge in [-0.1, -0.05) is 67.3 Å². The molecule has 0 unspecified atom stereocenters. The van der Waals surface area contributed by atoms with Crippen LogP contribution in [0, 0.1) is 5.92 Å². The summed E-state index contributed by atoms with van der Waals surface area (Å²) in [6.07, 6.45) is 0.613. The Balaban J connectivity index is 1.89. The Kier molecular flexibility index (Phi) is 6.12. The number of carbonyl (C=O) groups excluding carboxylic acids is 1. The number of nitrogens with two attached hydrogens (primary N) is 2. The zero-order valence-electron chi connectivity index (χ0n) is 15.2. The molecular formula is C18H22N6OS2. The highest BCUT2D eigenvalue weighted by atomic mass is 32.2. The Morgan fingerprint density at radius 3 is 2.63 bits per heavy atom. The van der Waals surface area contributed by atoms with Crippen molar-refractivity contribution < 1.29 is 4.79 Å². The van der Waals surface area contributed by atoms with E-state index in [2.05, 4.69) is 32.4 Å². The first-order valence-electron chi connectivity index (χ1n) is 8.59. The predicted octanol–water partition coefficient (Wildman–Crippen LogP) is 3.27. The standard InChI is InChI=1S/C18H22N6OS2/c1-10(2)8-12(14(19)25)21-15-13-16(22-17(20)27-13)24-18(23-15)26-9-11-6-4-3-5-7-11/h3-7,10,12H,8-9H2,1-2H3,(H2,19,25)(H3,20,21,22,23,24)/t12-/m1/s1. The van der Waals surface area contributed by atoms with Gasteiger partial charge in [-0.05, 0) is 17.9 Å². The van der Waals surface area contributed by atoms with Crippen molar-refractivity contribution >= 4 is 50.3 Å². The van der Waals surface area contributed by atoms with Crippen LogP contribution >= 0.6 is 23.1 Å². The molecule has 0 aliphatic rings. The number of nitrogen functional groups attached to an aromatic ring is 1. The molecule has 0 spiro atoms. The number of fused-ring (bicyclic) bond motifs is 1. The van der Waals surface area contributed by atoms with E-state index in [-0.39, 0.29) is 0 Å². The monoisotopic (exact) mass is 402 g/mol. The van der Waals surface area contributed by atoms with Crippen LogP contribution < -0.4 is 16.8 Å². The molecule has 9 heteroatoms. The number of primary amides is 1. The molecule has 0 aliphatic carbocycles. The van der Waals surface area contributed by atoms with Crippen molar-refractivity contribution in [2.75, 3.05) is 11.1 Å². The minimum absolute atomic E-state index is 0.311. The summed E-state index contributed by atoms with van der Waals surface area (Å²) in [4.78, 5) is 25.2. The smallest absolute Gasteiger partial charge is 0.239 e. The van der Waals surface area contributed by atoms with Crippen molar-refractivity contribution in [3.05, 3.63) is 35.9 Å². The lowest BCUT2D eigenvalue weighted by Crippen LogP contribution is -2.36. The van der Waals surface area contributed by atoms with Crippen LogP contribution in [-0.2, 0) is 10.5 Å². The highest BCUT2D eigenvalue weighted by molar-refractivity contribution is 7.98. The van der Waals surface area contributed by atoms with Gasteiger partial charge in [-0.3, -0.25) is 4.79 Å². The molecule has 27 heavy (non-hydrogen) atoms. The van der Waals surface area contributed by atoms with Crippen LogP contribution in [0.15, 0.2) is 35.5 Å². The first-order valence-corrected chi connectivity index (χ1v) is 10.4. The van der Waals surface area contributed by atoms with E-state index < -0.39 is 11.9 Å². The molecule has 142 valence electrons. The Morgan fingerprint density at radius 1 is 1.22 bits per heavy atom. The van der Waals surface area contributed by atoms with Crippen LogP contribution in [0.5, 0.6) is 0 Å². The molecule has 1 atom stereocenters. The van der Waals surface area contributed by atoms with E-state index in [0.717, 1.165) is 10.5 Å². The maximum absolute atomic E-state index is 11.9. The zero-order valence-corrected chi connectivity index (χ0v) is 16.8. The number of hydrogen-bond acceptors (Lipinski definition) is 8. The van der Waals surface area contributed by atoms with E-state index in [9.17, 15) is 4.79 Å². The molecule has 0 saturated heterocycles. The van der Waals surface area contributed by atoms with Crippen molar-refractivity contribution in [2.24, 2.45) is 11.7 Å². The number of hydrogen-bond donors (Lipinski definition) is 3. The zero-order chi connectivity index (χ0) is 19.4. The highest BCUT2D eigenvalue weighted by Gasteiger charge is 2.21. The number of carbonyl (C=O) groups is 1. The topological polar surface area (TPSA) is 120 Å². The Hall–Kier alpha value is -2.39. The molecule has 1 amide bonds. The summed E-state index contributed by atoms with van der Waals surface area (Å²) in [7, 11) is 0. The van der Waals surface area contributed by atoms with Crippen LogP contribution in [-0.4, -0.2) is 26.9 Å². The van der Waals surface area contributed by atoms with Crippen molar-refractivity contribution in [2.45, 2.75) is 37.2 Å². The van der Waals surface area contributed by atoms with Gasteiger partial charge in [0, 0.05) is 5.75 Å². The van der Waals surface area contributed by atoms with E-state index in [1.54, 1.807) is 0 Å². The van der Waals surface area contributed by atoms with E-state index in [1.807, 2.05) is 32.0 Å². The van der Waals surface area contributed by atoms with E-state index in [0.29, 0.717) is 34.1 Å². The molecule has 2 aromatic heterocycles. The van der Waals surface area contributed by atoms with Gasteiger partial charge in [-0.2, -0.15) is 0 Å². The maximum atomic E-state index is 11.9. The number of amides is 1. The first kappa shape index (κ1) is 19.4. The lowest BCUT2D eigenvalue weighted by Gasteiger charge is -2.18. The van der Waals surface area contributed by atoms with Gasteiger partial charge in [0.05, 0.1) is 0 Å². The van der Waals surface area contributed by atoms with Crippen molar-refractivity contribution in [3.63, 3.8) is 0 Å². The van der Waals surface area contributed by atoms with Crippen LogP contribution in [0.3, 0.4) is 0 Å². The maximum Gasteiger partial charge on any atom is 0.239 e. The lowest BCUT2D eigenvalue weighted by molar-refractivity contribution is -0.119. The molecule has 0 fully saturated rings. The number of benzene rings is 1. The molecule has 1 aromatic carbocycles. The molecule has 5 N–H and O–H groups in total. The molecule has 0 saturated carbocycles. The summed E-state index contributed by atoms with van der Waals surface area (Å²) in [6, 6.07) is 9.57. The fraction of sp³-hybridized carbons (Fsp3) is 0.333. The molecule has 0 bridgehead atoms. The molecule has 0 radical (unpaired) electrons. The number of anilines is 2. The molecular weight excluding hydrogens is 380 g/mol. The average molecular weight is 403 g/mol. The number of thiazole rings is 1. The van der Waals surface area contributed by atoms with Crippen molar-refractivity contribution in [1.82, 2.24) is 15.0 Å². The van der Waals surface area contributed by atoms with Gasteiger partial charge < -0.3 is 16.8 Å². The van der Waals surface area contributed by atoms with Gasteiger partial charge in [-0.15, -0.1) is 0 Å². The summed E-state index contributed by atoms with van der Waals surface area (Å²) in [5, 5.41) is 4.17. The minimum atomic E-state index is -0.515. The largest absolute Gasteiger partial charge is 0.375 e. The fourth-order valence-corrected chi connectivity index (χ4v) is 4.11. The summed E-state index contributed by atoms with van der Waals surface area (Å²) in [5.41, 5.74) is 13.1. The van der Waals surface area contributed by atoms with Crippen LogP contribution in [0.25, 0.3) is 10.3 Å². The van der Waals surface area contributed by atoms with E-state index >= 15 is 0 Å². The minimum Gasteiger partial charge on any atom is -0.375 e. The summed E-state index contributed by atoms with van der Waals surface area (Å²) in [6.45, 7) is 4.08. The SMILES string of the molecule is CC(C)C[C@@H](Nc1nc(SCc2ccccc2)nc2nc(N)sc12)C(N)=O. The van der Waals surface area contributed by atoms with Gasteiger partial charge in [0.15, 0.2) is 21.8 Å². The molecule has 3 rings (SSSR count). The first-order chi connectivity index (χ1) is 12.9. The second-order valence-electron chi connectivity index (χ2n) is 6.56. The number of aromatic nitrogens is 3. The Morgan fingerprint density at radius 2 is 1.96 bits per heavy atom. The van der Waals surface area contributed by atoms with Crippen LogP contribution in [0.2, 0.25) is 0 Å². The second-order valence-corrected chi connectivity index (χ2v) is 8.54. The third kappa shape index (κ3) is 5.08. The van der Waals surface area contributed by atoms with Crippen LogP contribution in [0.4, 0.5) is 10.9 Å². The molecule has 2 heterocycles. The molecule has 0 aliphatic heterocycles. The molecule has 3 aromatic rings. The van der Waals surface area contributed by atoms with Gasteiger partial charge in [0.25, 0.3) is 0 Å². The van der Waals surface area contributed by atoms with Crippen molar-refractivity contribution in [1.29, 1.82) is 0 Å². The third-order valence-electron chi connectivity index (χ3n) is 3.82. The van der Waals surface area contributed by atoms with Gasteiger partial charge in [-0.25, -0.2) is 15.0 Å². The normalized spacial score (nSPS) is 12.4. The number of nitrogens with one attached hydrogen (secondary N) is 1. The summed E-state index contributed by atoms with van der Waals surface area (Å²) >= 11 is 2.80. The van der Waals surface area contributed by atoms with Crippen molar-refractivity contribution in [3.8, 4) is 0 Å². The predicted molar refractivity (Wildman–Crippen MR) is 112 cm³/mol. The van der Waals surface area contributed by atoms with Gasteiger partial charge in [0.2, 0.25) is 5.91 Å². The number of thioether (sulfide) groups is 1. The summed E-state index contributed by atoms with van der Waals surface area (Å²) in [5.74, 6) is 1.18. The Bertz CT molecular complexity index is 928. The quantitative estimate of drug-likeness (QED) is 0.391. The molecule has 7 nitrogen and oxygen atoms in total. The van der Waals surface area contributed by atoms with E-state index in [1.165, 1.54) is 28.7 Å². The number of rotatable bonds is 8. The highest BCUT2D eigenvalue weighted by Crippen LogP contribution is 2.32. The fourth-order valence-electron chi connectivity index (χ4n) is 2.59. The van der Waals surface area contributed by atoms with Crippen LogP contribution in [0.1, 0.15) is 25.8 Å². The van der Waals surface area contributed by atoms with Gasteiger partial charge in [0.1, 0.15) is 10.7 Å². The second kappa shape index (κ2) is 8.53. The lowest BCUT2D eigenvalue weighted by atomic mass is 10.0.